The van der Waals surface area contributed by atoms with E-state index in [1.54, 1.807) is 0 Å². The highest BCUT2D eigenvalue weighted by Crippen LogP contribution is 2.11. The van der Waals surface area contributed by atoms with Crippen LogP contribution in [0.15, 0.2) is 9.59 Å². The molecule has 0 unspecified atom stereocenters. The molecule has 0 saturated carbocycles. The van der Waals surface area contributed by atoms with E-state index in [1.807, 2.05) is 20.8 Å². The average molecular weight is 182 g/mol. The van der Waals surface area contributed by atoms with Crippen LogP contribution >= 0.6 is 0 Å². The Morgan fingerprint density at radius 1 is 1.23 bits per heavy atom. The first-order valence-electron chi connectivity index (χ1n) is 4.41. The monoisotopic (exact) mass is 182 g/mol. The molecule has 0 aromatic carbocycles. The molecule has 0 amide bonds. The minimum atomic E-state index is -0.425. The summed E-state index contributed by atoms with van der Waals surface area (Å²) in [6, 6.07) is 0. The number of H-pyrrole nitrogens is 2. The summed E-state index contributed by atoms with van der Waals surface area (Å²) in [5, 5.41) is 0. The molecule has 0 saturated heterocycles. The van der Waals surface area contributed by atoms with E-state index in [4.69, 9.17) is 0 Å². The summed E-state index contributed by atoms with van der Waals surface area (Å²) in [4.78, 5) is 27.2. The molecule has 1 aromatic heterocycles. The molecule has 1 rings (SSSR count). The maximum atomic E-state index is 11.4. The van der Waals surface area contributed by atoms with Crippen molar-refractivity contribution >= 4 is 0 Å². The highest BCUT2D eigenvalue weighted by molar-refractivity contribution is 5.19. The summed E-state index contributed by atoms with van der Waals surface area (Å²) in [6.07, 6.45) is 0.673. The summed E-state index contributed by atoms with van der Waals surface area (Å²) < 4.78 is 0. The third-order valence-electron chi connectivity index (χ3n) is 1.99. The third kappa shape index (κ3) is 1.88. The Labute approximate surface area is 76.0 Å². The SMILES string of the molecule is CCc1[nH]c(=O)[nH]c(=O)c1C(C)C. The molecule has 0 aliphatic rings. The Hall–Kier alpha value is -1.32. The van der Waals surface area contributed by atoms with Gasteiger partial charge in [-0.1, -0.05) is 20.8 Å². The Bertz CT molecular complexity index is 401. The summed E-state index contributed by atoms with van der Waals surface area (Å²) in [5.41, 5.74) is 0.729. The van der Waals surface area contributed by atoms with Gasteiger partial charge >= 0.3 is 5.69 Å². The minimum absolute atomic E-state index is 0.135. The highest BCUT2D eigenvalue weighted by Gasteiger charge is 2.10. The van der Waals surface area contributed by atoms with Crippen LogP contribution < -0.4 is 11.2 Å². The molecule has 72 valence electrons. The molecule has 0 spiro atoms. The van der Waals surface area contributed by atoms with Crippen LogP contribution in [0.3, 0.4) is 0 Å². The molecule has 1 heterocycles. The lowest BCUT2D eigenvalue weighted by Gasteiger charge is -2.08. The Morgan fingerprint density at radius 3 is 2.31 bits per heavy atom. The van der Waals surface area contributed by atoms with Crippen molar-refractivity contribution in [1.29, 1.82) is 0 Å². The number of rotatable bonds is 2. The third-order valence-corrected chi connectivity index (χ3v) is 1.99. The largest absolute Gasteiger partial charge is 0.325 e. The van der Waals surface area contributed by atoms with Gasteiger partial charge in [0, 0.05) is 11.3 Å². The van der Waals surface area contributed by atoms with E-state index in [0.717, 1.165) is 5.69 Å². The Kier molecular flexibility index (Phi) is 2.70. The molecule has 1 aromatic rings. The van der Waals surface area contributed by atoms with E-state index in [0.29, 0.717) is 12.0 Å². The molecule has 0 atom stereocenters. The van der Waals surface area contributed by atoms with Crippen LogP contribution in [0.1, 0.15) is 37.9 Å². The predicted octanol–water partition coefficient (Wildman–Crippen LogP) is 0.749. The van der Waals surface area contributed by atoms with Gasteiger partial charge < -0.3 is 4.98 Å². The number of aromatic nitrogens is 2. The van der Waals surface area contributed by atoms with Crippen LogP contribution in [0, 0.1) is 0 Å². The second kappa shape index (κ2) is 3.60. The zero-order valence-corrected chi connectivity index (χ0v) is 8.10. The van der Waals surface area contributed by atoms with Crippen molar-refractivity contribution in [2.24, 2.45) is 0 Å². The zero-order valence-electron chi connectivity index (χ0n) is 8.10. The van der Waals surface area contributed by atoms with Crippen LogP contribution in [-0.4, -0.2) is 9.97 Å². The van der Waals surface area contributed by atoms with Crippen LogP contribution in [0.5, 0.6) is 0 Å². The first-order valence-corrected chi connectivity index (χ1v) is 4.41. The quantitative estimate of drug-likeness (QED) is 0.708. The van der Waals surface area contributed by atoms with Crippen molar-refractivity contribution in [2.45, 2.75) is 33.1 Å². The number of nitrogens with one attached hydrogen (secondary N) is 2. The number of aryl methyl sites for hydroxylation is 1. The van der Waals surface area contributed by atoms with Gasteiger partial charge in [-0.2, -0.15) is 0 Å². The van der Waals surface area contributed by atoms with Gasteiger partial charge in [0.1, 0.15) is 0 Å². The topological polar surface area (TPSA) is 65.7 Å². The molecule has 0 bridgehead atoms. The second-order valence-electron chi connectivity index (χ2n) is 3.31. The highest BCUT2D eigenvalue weighted by atomic mass is 16.2. The van der Waals surface area contributed by atoms with Crippen molar-refractivity contribution in [1.82, 2.24) is 9.97 Å². The zero-order chi connectivity index (χ0) is 10.0. The Morgan fingerprint density at radius 2 is 1.85 bits per heavy atom. The van der Waals surface area contributed by atoms with Gasteiger partial charge in [-0.15, -0.1) is 0 Å². The van der Waals surface area contributed by atoms with Gasteiger partial charge in [0.15, 0.2) is 0 Å². The van der Waals surface area contributed by atoms with Crippen LogP contribution in [-0.2, 0) is 6.42 Å². The molecular weight excluding hydrogens is 168 g/mol. The minimum Gasteiger partial charge on any atom is -0.311 e. The molecule has 0 radical (unpaired) electrons. The summed E-state index contributed by atoms with van der Waals surface area (Å²) >= 11 is 0. The second-order valence-corrected chi connectivity index (χ2v) is 3.31. The lowest BCUT2D eigenvalue weighted by molar-refractivity contribution is 0.782. The van der Waals surface area contributed by atoms with Crippen molar-refractivity contribution < 1.29 is 0 Å². The average Bonchev–Trinajstić information content (AvgIpc) is 2.01. The lowest BCUT2D eigenvalue weighted by atomic mass is 10.0. The molecular formula is C9H14N2O2. The van der Waals surface area contributed by atoms with Crippen molar-refractivity contribution in [3.63, 3.8) is 0 Å². The summed E-state index contributed by atoms with van der Waals surface area (Å²) in [7, 11) is 0. The van der Waals surface area contributed by atoms with E-state index in [2.05, 4.69) is 9.97 Å². The van der Waals surface area contributed by atoms with E-state index < -0.39 is 5.69 Å². The molecule has 2 N–H and O–H groups in total. The maximum Gasteiger partial charge on any atom is 0.325 e. The number of hydrogen-bond donors (Lipinski definition) is 2. The summed E-state index contributed by atoms with van der Waals surface area (Å²) in [6.45, 7) is 5.78. The number of hydrogen-bond acceptors (Lipinski definition) is 2. The Balaban J connectivity index is 3.48. The van der Waals surface area contributed by atoms with Crippen molar-refractivity contribution in [3.8, 4) is 0 Å². The van der Waals surface area contributed by atoms with Crippen LogP contribution in [0.25, 0.3) is 0 Å². The van der Waals surface area contributed by atoms with E-state index >= 15 is 0 Å². The molecule has 4 nitrogen and oxygen atoms in total. The van der Waals surface area contributed by atoms with E-state index in [9.17, 15) is 9.59 Å². The lowest BCUT2D eigenvalue weighted by Crippen LogP contribution is -2.28. The standard InChI is InChI=1S/C9H14N2O2/c1-4-6-7(5(2)3)8(12)11-9(13)10-6/h5H,4H2,1-3H3,(H2,10,11,12,13). The van der Waals surface area contributed by atoms with Gasteiger partial charge in [-0.3, -0.25) is 9.78 Å². The number of aromatic amines is 2. The molecule has 4 heteroatoms. The fourth-order valence-electron chi connectivity index (χ4n) is 1.43. The predicted molar refractivity (Wildman–Crippen MR) is 51.2 cm³/mol. The van der Waals surface area contributed by atoms with Crippen molar-refractivity contribution in [3.05, 3.63) is 32.1 Å². The smallest absolute Gasteiger partial charge is 0.311 e. The van der Waals surface area contributed by atoms with Crippen molar-refractivity contribution in [2.75, 3.05) is 0 Å². The normalized spacial score (nSPS) is 10.8. The van der Waals surface area contributed by atoms with E-state index in [1.165, 1.54) is 0 Å². The van der Waals surface area contributed by atoms with Gasteiger partial charge in [-0.25, -0.2) is 4.79 Å². The first-order chi connectivity index (χ1) is 6.06. The van der Waals surface area contributed by atoms with Gasteiger partial charge in [-0.05, 0) is 12.3 Å². The molecule has 0 aliphatic heterocycles. The molecule has 13 heavy (non-hydrogen) atoms. The molecule has 0 fully saturated rings. The first kappa shape index (κ1) is 9.77. The van der Waals surface area contributed by atoms with E-state index in [-0.39, 0.29) is 11.5 Å². The fourth-order valence-corrected chi connectivity index (χ4v) is 1.43. The maximum absolute atomic E-state index is 11.4. The fraction of sp³-hybridized carbons (Fsp3) is 0.556. The van der Waals surface area contributed by atoms with Crippen LogP contribution in [0.4, 0.5) is 0 Å². The van der Waals surface area contributed by atoms with Gasteiger partial charge in [0.05, 0.1) is 0 Å². The molecule has 0 aliphatic carbocycles. The van der Waals surface area contributed by atoms with Gasteiger partial charge in [0.25, 0.3) is 5.56 Å². The summed E-state index contributed by atoms with van der Waals surface area (Å²) in [5.74, 6) is 0.135. The van der Waals surface area contributed by atoms with Gasteiger partial charge in [0.2, 0.25) is 0 Å². The van der Waals surface area contributed by atoms with Crippen LogP contribution in [0.2, 0.25) is 0 Å².